The molecule has 0 heterocycles. The fourth-order valence-electron chi connectivity index (χ4n) is 2.03. The molecule has 0 N–H and O–H groups in total. The molecular formula is C15H22ClNO3S. The van der Waals surface area contributed by atoms with Crippen LogP contribution in [0.4, 0.5) is 5.69 Å². The summed E-state index contributed by atoms with van der Waals surface area (Å²) in [7, 11) is 0. The molecule has 1 aromatic rings. The second-order valence-corrected chi connectivity index (χ2v) is 5.80. The Labute approximate surface area is 136 Å². The standard InChI is InChI=1S/C15H22ClNO3S/c16-13-8-9-14(17(18)19)15(12-13)20-10-6-4-2-1-3-5-7-11-21/h8-9,12,21H,1-7,10-11H2. The summed E-state index contributed by atoms with van der Waals surface area (Å²) in [6.45, 7) is 0.484. The van der Waals surface area contributed by atoms with Gasteiger partial charge < -0.3 is 4.74 Å². The van der Waals surface area contributed by atoms with Crippen LogP contribution in [0.15, 0.2) is 18.2 Å². The maximum absolute atomic E-state index is 10.9. The summed E-state index contributed by atoms with van der Waals surface area (Å²) in [4.78, 5) is 10.4. The minimum atomic E-state index is -0.451. The van der Waals surface area contributed by atoms with Crippen LogP contribution >= 0.6 is 24.2 Å². The van der Waals surface area contributed by atoms with E-state index in [0.29, 0.717) is 11.6 Å². The highest BCUT2D eigenvalue weighted by Crippen LogP contribution is 2.30. The van der Waals surface area contributed by atoms with Crippen LogP contribution in [0.1, 0.15) is 44.9 Å². The lowest BCUT2D eigenvalue weighted by Gasteiger charge is -2.07. The number of hydrogen-bond donors (Lipinski definition) is 1. The molecule has 0 spiro atoms. The molecule has 0 aliphatic rings. The van der Waals surface area contributed by atoms with Crippen LogP contribution in [0.3, 0.4) is 0 Å². The number of unbranched alkanes of at least 4 members (excludes halogenated alkanes) is 6. The van der Waals surface area contributed by atoms with Crippen LogP contribution in [0, 0.1) is 10.1 Å². The zero-order valence-corrected chi connectivity index (χ0v) is 13.7. The lowest BCUT2D eigenvalue weighted by atomic mass is 10.1. The van der Waals surface area contributed by atoms with Gasteiger partial charge in [-0.25, -0.2) is 0 Å². The summed E-state index contributed by atoms with van der Waals surface area (Å²) in [5, 5.41) is 11.3. The predicted octanol–water partition coefficient (Wildman–Crippen LogP) is 5.29. The van der Waals surface area contributed by atoms with Crippen molar-refractivity contribution in [1.82, 2.24) is 0 Å². The van der Waals surface area contributed by atoms with Gasteiger partial charge in [0.15, 0.2) is 5.75 Å². The minimum absolute atomic E-state index is 0.0360. The van der Waals surface area contributed by atoms with Crippen molar-refractivity contribution in [1.29, 1.82) is 0 Å². The number of nitrogens with zero attached hydrogens (tertiary/aromatic N) is 1. The van der Waals surface area contributed by atoms with Gasteiger partial charge in [0, 0.05) is 17.2 Å². The summed E-state index contributed by atoms with van der Waals surface area (Å²) in [5.41, 5.74) is -0.0360. The third kappa shape index (κ3) is 7.58. The van der Waals surface area contributed by atoms with Crippen molar-refractivity contribution in [2.45, 2.75) is 44.9 Å². The Balaban J connectivity index is 2.21. The smallest absolute Gasteiger partial charge is 0.311 e. The molecule has 0 saturated heterocycles. The Morgan fingerprint density at radius 3 is 2.33 bits per heavy atom. The average molecular weight is 332 g/mol. The van der Waals surface area contributed by atoms with E-state index in [2.05, 4.69) is 12.6 Å². The molecule has 0 amide bonds. The number of nitro groups is 1. The quantitative estimate of drug-likeness (QED) is 0.259. The van der Waals surface area contributed by atoms with E-state index in [9.17, 15) is 10.1 Å². The zero-order chi connectivity index (χ0) is 15.5. The Bertz CT molecular complexity index is 443. The number of thiol groups is 1. The first-order valence-corrected chi connectivity index (χ1v) is 8.34. The molecule has 0 fully saturated rings. The molecule has 6 heteroatoms. The number of hydrogen-bond acceptors (Lipinski definition) is 4. The van der Waals surface area contributed by atoms with Crippen molar-refractivity contribution in [3.05, 3.63) is 33.3 Å². The summed E-state index contributed by atoms with van der Waals surface area (Å²) >= 11 is 10.0. The van der Waals surface area contributed by atoms with E-state index in [0.717, 1.165) is 18.6 Å². The first-order valence-electron chi connectivity index (χ1n) is 7.32. The second kappa shape index (κ2) is 10.7. The molecule has 0 aliphatic heterocycles. The van der Waals surface area contributed by atoms with Crippen molar-refractivity contribution in [3.8, 4) is 5.75 Å². The topological polar surface area (TPSA) is 52.4 Å². The van der Waals surface area contributed by atoms with Crippen LogP contribution in [0.2, 0.25) is 5.02 Å². The average Bonchev–Trinajstić information content (AvgIpc) is 2.45. The number of rotatable bonds is 11. The van der Waals surface area contributed by atoms with E-state index in [1.807, 2.05) is 0 Å². The van der Waals surface area contributed by atoms with Crippen molar-refractivity contribution in [2.75, 3.05) is 12.4 Å². The van der Waals surface area contributed by atoms with Gasteiger partial charge in [0.1, 0.15) is 0 Å². The number of ether oxygens (including phenoxy) is 1. The molecule has 118 valence electrons. The summed E-state index contributed by atoms with van der Waals surface area (Å²) in [6, 6.07) is 4.37. The van der Waals surface area contributed by atoms with Crippen LogP contribution in [-0.2, 0) is 0 Å². The molecule has 1 rings (SSSR count). The van der Waals surface area contributed by atoms with Gasteiger partial charge in [0.2, 0.25) is 0 Å². The summed E-state index contributed by atoms with van der Waals surface area (Å²) in [5.74, 6) is 1.22. The van der Waals surface area contributed by atoms with Crippen LogP contribution in [0.25, 0.3) is 0 Å². The molecule has 0 saturated carbocycles. The van der Waals surface area contributed by atoms with Crippen molar-refractivity contribution < 1.29 is 9.66 Å². The maximum Gasteiger partial charge on any atom is 0.311 e. The molecule has 1 aromatic carbocycles. The number of benzene rings is 1. The van der Waals surface area contributed by atoms with E-state index in [4.69, 9.17) is 16.3 Å². The van der Waals surface area contributed by atoms with E-state index < -0.39 is 4.92 Å². The molecule has 0 unspecified atom stereocenters. The Hall–Kier alpha value is -0.940. The lowest BCUT2D eigenvalue weighted by molar-refractivity contribution is -0.385. The molecular weight excluding hydrogens is 310 g/mol. The highest BCUT2D eigenvalue weighted by atomic mass is 35.5. The second-order valence-electron chi connectivity index (χ2n) is 4.92. The van der Waals surface area contributed by atoms with Crippen molar-refractivity contribution in [2.24, 2.45) is 0 Å². The van der Waals surface area contributed by atoms with Crippen LogP contribution < -0.4 is 4.74 Å². The molecule has 21 heavy (non-hydrogen) atoms. The third-order valence-corrected chi connectivity index (χ3v) is 3.73. The Morgan fingerprint density at radius 2 is 1.71 bits per heavy atom. The van der Waals surface area contributed by atoms with Crippen LogP contribution in [0.5, 0.6) is 5.75 Å². The maximum atomic E-state index is 10.9. The van der Waals surface area contributed by atoms with Gasteiger partial charge in [-0.15, -0.1) is 0 Å². The first kappa shape index (κ1) is 18.1. The largest absolute Gasteiger partial charge is 0.487 e. The Morgan fingerprint density at radius 1 is 1.10 bits per heavy atom. The highest BCUT2D eigenvalue weighted by Gasteiger charge is 2.14. The fraction of sp³-hybridized carbons (Fsp3) is 0.600. The molecule has 0 aromatic heterocycles. The molecule has 0 aliphatic carbocycles. The van der Waals surface area contributed by atoms with Crippen molar-refractivity contribution in [3.63, 3.8) is 0 Å². The van der Waals surface area contributed by atoms with E-state index >= 15 is 0 Å². The normalized spacial score (nSPS) is 10.6. The number of nitro benzene ring substituents is 1. The molecule has 4 nitrogen and oxygen atoms in total. The van der Waals surface area contributed by atoms with Crippen LogP contribution in [-0.4, -0.2) is 17.3 Å². The molecule has 0 radical (unpaired) electrons. The van der Waals surface area contributed by atoms with Gasteiger partial charge in [-0.05, 0) is 24.7 Å². The van der Waals surface area contributed by atoms with E-state index in [1.54, 1.807) is 0 Å². The van der Waals surface area contributed by atoms with Gasteiger partial charge in [0.25, 0.3) is 0 Å². The van der Waals surface area contributed by atoms with E-state index in [-0.39, 0.29) is 11.4 Å². The van der Waals surface area contributed by atoms with Gasteiger partial charge in [-0.2, -0.15) is 12.6 Å². The van der Waals surface area contributed by atoms with Gasteiger partial charge >= 0.3 is 5.69 Å². The van der Waals surface area contributed by atoms with Gasteiger partial charge in [-0.1, -0.05) is 43.7 Å². The molecule has 0 atom stereocenters. The number of halogens is 1. The molecule has 0 bridgehead atoms. The van der Waals surface area contributed by atoms with Gasteiger partial charge in [0.05, 0.1) is 11.5 Å². The Kier molecular flexibility index (Phi) is 9.26. The summed E-state index contributed by atoms with van der Waals surface area (Å²) < 4.78 is 5.49. The monoisotopic (exact) mass is 331 g/mol. The third-order valence-electron chi connectivity index (χ3n) is 3.18. The van der Waals surface area contributed by atoms with Crippen molar-refractivity contribution >= 4 is 29.9 Å². The van der Waals surface area contributed by atoms with E-state index in [1.165, 1.54) is 50.3 Å². The first-order chi connectivity index (χ1) is 10.1. The SMILES string of the molecule is O=[N+]([O-])c1ccc(Cl)cc1OCCCCCCCCCS. The highest BCUT2D eigenvalue weighted by molar-refractivity contribution is 7.80. The minimum Gasteiger partial charge on any atom is -0.487 e. The zero-order valence-electron chi connectivity index (χ0n) is 12.1. The summed E-state index contributed by atoms with van der Waals surface area (Å²) in [6.07, 6.45) is 8.06. The fourth-order valence-corrected chi connectivity index (χ4v) is 2.42. The predicted molar refractivity (Wildman–Crippen MR) is 89.8 cm³/mol. The van der Waals surface area contributed by atoms with Gasteiger partial charge in [-0.3, -0.25) is 10.1 Å². The lowest BCUT2D eigenvalue weighted by Crippen LogP contribution is -2.00.